The number of hydrogen-bond acceptors (Lipinski definition) is 3. The molecule has 3 heteroatoms. The van der Waals surface area contributed by atoms with E-state index in [0.29, 0.717) is 6.54 Å². The summed E-state index contributed by atoms with van der Waals surface area (Å²) in [5, 5.41) is 8.93. The van der Waals surface area contributed by atoms with Gasteiger partial charge in [0.1, 0.15) is 0 Å². The molecule has 0 amide bonds. The summed E-state index contributed by atoms with van der Waals surface area (Å²) < 4.78 is 0. The zero-order chi connectivity index (χ0) is 11.3. The molecule has 0 aliphatic heterocycles. The van der Waals surface area contributed by atoms with Crippen molar-refractivity contribution in [1.82, 2.24) is 4.90 Å². The summed E-state index contributed by atoms with van der Waals surface area (Å²) >= 11 is 0. The third-order valence-corrected chi connectivity index (χ3v) is 2.57. The van der Waals surface area contributed by atoms with E-state index >= 15 is 0 Å². The molecule has 0 saturated carbocycles. The first-order valence-electron chi connectivity index (χ1n) is 5.28. The van der Waals surface area contributed by atoms with Crippen LogP contribution in [0.3, 0.4) is 0 Å². The maximum Gasteiger partial charge on any atom is 0.0558 e. The van der Waals surface area contributed by atoms with Gasteiger partial charge in [0.15, 0.2) is 0 Å². The quantitative estimate of drug-likeness (QED) is 0.759. The Labute approximate surface area is 91.5 Å². The topological polar surface area (TPSA) is 49.5 Å². The van der Waals surface area contributed by atoms with Gasteiger partial charge in [-0.1, -0.05) is 30.3 Å². The second kappa shape index (κ2) is 5.85. The van der Waals surface area contributed by atoms with Crippen molar-refractivity contribution in [2.45, 2.75) is 19.0 Å². The monoisotopic (exact) mass is 208 g/mol. The Bertz CT molecular complexity index is 274. The molecule has 2 unspecified atom stereocenters. The van der Waals surface area contributed by atoms with E-state index in [9.17, 15) is 0 Å². The second-order valence-corrected chi connectivity index (χ2v) is 3.92. The minimum Gasteiger partial charge on any atom is -0.395 e. The highest BCUT2D eigenvalue weighted by molar-refractivity contribution is 5.20. The third kappa shape index (κ3) is 3.30. The Morgan fingerprint density at radius 1 is 1.33 bits per heavy atom. The van der Waals surface area contributed by atoms with Crippen molar-refractivity contribution in [2.75, 3.05) is 20.2 Å². The average molecular weight is 208 g/mol. The lowest BCUT2D eigenvalue weighted by Gasteiger charge is -2.30. The Hall–Kier alpha value is -0.900. The molecule has 0 aliphatic rings. The second-order valence-electron chi connectivity index (χ2n) is 3.92. The first-order valence-corrected chi connectivity index (χ1v) is 5.28. The van der Waals surface area contributed by atoms with Gasteiger partial charge in [-0.25, -0.2) is 0 Å². The van der Waals surface area contributed by atoms with Crippen LogP contribution in [0.25, 0.3) is 0 Å². The van der Waals surface area contributed by atoms with Gasteiger partial charge in [-0.15, -0.1) is 0 Å². The molecule has 1 aromatic carbocycles. The highest BCUT2D eigenvalue weighted by Crippen LogP contribution is 2.21. The predicted molar refractivity (Wildman–Crippen MR) is 62.5 cm³/mol. The maximum atomic E-state index is 8.93. The SMILES string of the molecule is CC(N)C(c1ccccc1)N(C)CCO. The van der Waals surface area contributed by atoms with Crippen LogP contribution in [0.2, 0.25) is 0 Å². The average Bonchev–Trinajstić information content (AvgIpc) is 2.19. The molecule has 0 saturated heterocycles. The molecule has 0 heterocycles. The largest absolute Gasteiger partial charge is 0.395 e. The fraction of sp³-hybridized carbons (Fsp3) is 0.500. The molecule has 0 fully saturated rings. The Kier molecular flexibility index (Phi) is 4.75. The van der Waals surface area contributed by atoms with E-state index < -0.39 is 0 Å². The normalized spacial score (nSPS) is 15.3. The Morgan fingerprint density at radius 3 is 2.40 bits per heavy atom. The lowest BCUT2D eigenvalue weighted by atomic mass is 10.00. The summed E-state index contributed by atoms with van der Waals surface area (Å²) in [7, 11) is 1.98. The van der Waals surface area contributed by atoms with E-state index in [0.717, 1.165) is 0 Å². The molecule has 15 heavy (non-hydrogen) atoms. The number of nitrogens with zero attached hydrogens (tertiary/aromatic N) is 1. The molecule has 0 spiro atoms. The predicted octanol–water partition coefficient (Wildman–Crippen LogP) is 0.999. The number of aliphatic hydroxyl groups excluding tert-OH is 1. The lowest BCUT2D eigenvalue weighted by Crippen LogP contribution is -2.38. The van der Waals surface area contributed by atoms with Gasteiger partial charge < -0.3 is 10.8 Å². The summed E-state index contributed by atoms with van der Waals surface area (Å²) in [4.78, 5) is 2.08. The fourth-order valence-corrected chi connectivity index (χ4v) is 1.91. The summed E-state index contributed by atoms with van der Waals surface area (Å²) in [5.41, 5.74) is 7.17. The lowest BCUT2D eigenvalue weighted by molar-refractivity contribution is 0.167. The number of likely N-dealkylation sites (N-methyl/N-ethyl adjacent to an activating group) is 1. The van der Waals surface area contributed by atoms with Gasteiger partial charge in [-0.2, -0.15) is 0 Å². The van der Waals surface area contributed by atoms with Crippen LogP contribution in [-0.4, -0.2) is 36.2 Å². The molecule has 0 radical (unpaired) electrons. The van der Waals surface area contributed by atoms with Gasteiger partial charge >= 0.3 is 0 Å². The highest BCUT2D eigenvalue weighted by atomic mass is 16.3. The van der Waals surface area contributed by atoms with Gasteiger partial charge in [0.25, 0.3) is 0 Å². The summed E-state index contributed by atoms with van der Waals surface area (Å²) in [5.74, 6) is 0. The zero-order valence-electron chi connectivity index (χ0n) is 9.43. The van der Waals surface area contributed by atoms with E-state index in [1.807, 2.05) is 32.2 Å². The molecule has 3 N–H and O–H groups in total. The van der Waals surface area contributed by atoms with E-state index in [1.165, 1.54) is 5.56 Å². The van der Waals surface area contributed by atoms with E-state index in [2.05, 4.69) is 17.0 Å². The van der Waals surface area contributed by atoms with Crippen molar-refractivity contribution >= 4 is 0 Å². The minimum atomic E-state index is 0.0453. The Morgan fingerprint density at radius 2 is 1.93 bits per heavy atom. The van der Waals surface area contributed by atoms with Crippen LogP contribution in [0.5, 0.6) is 0 Å². The number of aliphatic hydroxyl groups is 1. The van der Waals surface area contributed by atoms with Gasteiger partial charge in [-0.3, -0.25) is 4.90 Å². The molecule has 0 bridgehead atoms. The molecule has 2 atom stereocenters. The summed E-state index contributed by atoms with van der Waals surface area (Å²) in [6.45, 7) is 2.79. The van der Waals surface area contributed by atoms with Gasteiger partial charge in [0.2, 0.25) is 0 Å². The van der Waals surface area contributed by atoms with Crippen LogP contribution in [-0.2, 0) is 0 Å². The van der Waals surface area contributed by atoms with Crippen LogP contribution in [0.15, 0.2) is 30.3 Å². The van der Waals surface area contributed by atoms with Gasteiger partial charge in [0.05, 0.1) is 6.61 Å². The van der Waals surface area contributed by atoms with Crippen molar-refractivity contribution < 1.29 is 5.11 Å². The number of benzene rings is 1. The van der Waals surface area contributed by atoms with Gasteiger partial charge in [0, 0.05) is 18.6 Å². The number of hydrogen-bond donors (Lipinski definition) is 2. The van der Waals surface area contributed by atoms with E-state index in [4.69, 9.17) is 10.8 Å². The van der Waals surface area contributed by atoms with E-state index in [1.54, 1.807) is 0 Å². The molecular formula is C12H20N2O. The van der Waals surface area contributed by atoms with Crippen LogP contribution in [0.4, 0.5) is 0 Å². The fourth-order valence-electron chi connectivity index (χ4n) is 1.91. The van der Waals surface area contributed by atoms with Crippen LogP contribution >= 0.6 is 0 Å². The van der Waals surface area contributed by atoms with Crippen LogP contribution in [0.1, 0.15) is 18.5 Å². The molecule has 0 aliphatic carbocycles. The van der Waals surface area contributed by atoms with E-state index in [-0.39, 0.29) is 18.7 Å². The number of rotatable bonds is 5. The molecule has 3 nitrogen and oxygen atoms in total. The summed E-state index contributed by atoms with van der Waals surface area (Å²) in [6, 6.07) is 10.4. The zero-order valence-corrected chi connectivity index (χ0v) is 9.43. The number of nitrogens with two attached hydrogens (primary N) is 1. The third-order valence-electron chi connectivity index (χ3n) is 2.57. The van der Waals surface area contributed by atoms with Crippen molar-refractivity contribution in [2.24, 2.45) is 5.73 Å². The summed E-state index contributed by atoms with van der Waals surface area (Å²) in [6.07, 6.45) is 0. The molecule has 0 aromatic heterocycles. The standard InChI is InChI=1S/C12H20N2O/c1-10(13)12(14(2)8-9-15)11-6-4-3-5-7-11/h3-7,10,12,15H,8-9,13H2,1-2H3. The minimum absolute atomic E-state index is 0.0453. The van der Waals surface area contributed by atoms with Crippen LogP contribution < -0.4 is 5.73 Å². The molecular weight excluding hydrogens is 188 g/mol. The first-order chi connectivity index (χ1) is 7.16. The Balaban J connectivity index is 2.83. The van der Waals surface area contributed by atoms with Crippen molar-refractivity contribution in [3.05, 3.63) is 35.9 Å². The van der Waals surface area contributed by atoms with Crippen molar-refractivity contribution in [3.63, 3.8) is 0 Å². The molecule has 84 valence electrons. The highest BCUT2D eigenvalue weighted by Gasteiger charge is 2.20. The van der Waals surface area contributed by atoms with Crippen LogP contribution in [0, 0.1) is 0 Å². The first kappa shape index (κ1) is 12.2. The molecule has 1 aromatic rings. The maximum absolute atomic E-state index is 8.93. The molecule has 1 rings (SSSR count). The van der Waals surface area contributed by atoms with Crippen molar-refractivity contribution in [3.8, 4) is 0 Å². The van der Waals surface area contributed by atoms with Gasteiger partial charge in [-0.05, 0) is 19.5 Å². The van der Waals surface area contributed by atoms with Crippen molar-refractivity contribution in [1.29, 1.82) is 0 Å². The smallest absolute Gasteiger partial charge is 0.0558 e.